The standard InChI is InChI=1S/C10H13Cl2N3O/c1-6-5-15(3-2-13-6)10(16)8-4-7(11)9(12)14-8/h4,6,13-14H,2-3,5H2,1H3/t6-/m0/s1. The molecule has 0 aromatic carbocycles. The maximum absolute atomic E-state index is 12.1. The predicted octanol–water partition coefficient (Wildman–Crippen LogP) is 1.76. The smallest absolute Gasteiger partial charge is 0.270 e. The van der Waals surface area contributed by atoms with Gasteiger partial charge >= 0.3 is 0 Å². The number of piperazine rings is 1. The quantitative estimate of drug-likeness (QED) is 0.810. The van der Waals surface area contributed by atoms with Crippen molar-refractivity contribution in [3.05, 3.63) is 21.9 Å². The Morgan fingerprint density at radius 1 is 1.56 bits per heavy atom. The molecule has 88 valence electrons. The summed E-state index contributed by atoms with van der Waals surface area (Å²) < 4.78 is 0. The summed E-state index contributed by atoms with van der Waals surface area (Å²) in [4.78, 5) is 16.6. The highest BCUT2D eigenvalue weighted by Crippen LogP contribution is 2.22. The van der Waals surface area contributed by atoms with Gasteiger partial charge in [-0.1, -0.05) is 23.2 Å². The lowest BCUT2D eigenvalue weighted by Gasteiger charge is -2.31. The Kier molecular flexibility index (Phi) is 3.42. The average Bonchev–Trinajstić information content (AvgIpc) is 2.58. The van der Waals surface area contributed by atoms with Gasteiger partial charge in [-0.3, -0.25) is 4.79 Å². The lowest BCUT2D eigenvalue weighted by Crippen LogP contribution is -2.51. The minimum absolute atomic E-state index is 0.0536. The Morgan fingerprint density at radius 3 is 2.88 bits per heavy atom. The Balaban J connectivity index is 2.12. The lowest BCUT2D eigenvalue weighted by molar-refractivity contribution is 0.0704. The monoisotopic (exact) mass is 261 g/mol. The minimum atomic E-state index is -0.0536. The number of rotatable bonds is 1. The van der Waals surface area contributed by atoms with Gasteiger partial charge in [0.05, 0.1) is 5.02 Å². The molecule has 0 radical (unpaired) electrons. The summed E-state index contributed by atoms with van der Waals surface area (Å²) in [6.45, 7) is 4.27. The summed E-state index contributed by atoms with van der Waals surface area (Å²) in [6.07, 6.45) is 0. The molecule has 16 heavy (non-hydrogen) atoms. The highest BCUT2D eigenvalue weighted by atomic mass is 35.5. The summed E-state index contributed by atoms with van der Waals surface area (Å²) in [5.41, 5.74) is 0.448. The number of nitrogens with one attached hydrogen (secondary N) is 2. The molecule has 1 fully saturated rings. The fraction of sp³-hybridized carbons (Fsp3) is 0.500. The van der Waals surface area contributed by atoms with E-state index in [4.69, 9.17) is 23.2 Å². The van der Waals surface area contributed by atoms with Crippen molar-refractivity contribution in [3.8, 4) is 0 Å². The predicted molar refractivity (Wildman–Crippen MR) is 64.2 cm³/mol. The second-order valence-corrected chi connectivity index (χ2v) is 4.74. The van der Waals surface area contributed by atoms with Crippen LogP contribution in [-0.4, -0.2) is 41.5 Å². The van der Waals surface area contributed by atoms with Crippen molar-refractivity contribution in [1.82, 2.24) is 15.2 Å². The van der Waals surface area contributed by atoms with Crippen LogP contribution in [0.15, 0.2) is 6.07 Å². The zero-order chi connectivity index (χ0) is 11.7. The summed E-state index contributed by atoms with van der Waals surface area (Å²) >= 11 is 11.6. The molecule has 1 aromatic heterocycles. The van der Waals surface area contributed by atoms with Crippen molar-refractivity contribution in [2.24, 2.45) is 0 Å². The molecular formula is C10H13Cl2N3O. The van der Waals surface area contributed by atoms with Gasteiger partial charge in [0, 0.05) is 25.7 Å². The number of nitrogens with zero attached hydrogens (tertiary/aromatic N) is 1. The number of carbonyl (C=O) groups is 1. The first-order chi connectivity index (χ1) is 7.58. The number of aromatic nitrogens is 1. The van der Waals surface area contributed by atoms with Gasteiger partial charge < -0.3 is 15.2 Å². The fourth-order valence-electron chi connectivity index (χ4n) is 1.81. The van der Waals surface area contributed by atoms with Gasteiger partial charge in [0.1, 0.15) is 10.8 Å². The maximum Gasteiger partial charge on any atom is 0.270 e. The Hall–Kier alpha value is -0.710. The minimum Gasteiger partial charge on any atom is -0.340 e. The summed E-state index contributed by atoms with van der Waals surface area (Å²) in [7, 11) is 0. The summed E-state index contributed by atoms with van der Waals surface area (Å²) in [5.74, 6) is -0.0536. The molecule has 0 aliphatic carbocycles. The number of aromatic amines is 1. The number of carbonyl (C=O) groups excluding carboxylic acids is 1. The highest BCUT2D eigenvalue weighted by Gasteiger charge is 2.23. The zero-order valence-corrected chi connectivity index (χ0v) is 10.4. The number of hydrogen-bond acceptors (Lipinski definition) is 2. The molecular weight excluding hydrogens is 249 g/mol. The van der Waals surface area contributed by atoms with E-state index in [0.717, 1.165) is 6.54 Å². The molecule has 2 N–H and O–H groups in total. The topological polar surface area (TPSA) is 48.1 Å². The molecule has 1 saturated heterocycles. The Bertz CT molecular complexity index is 385. The van der Waals surface area contributed by atoms with Crippen LogP contribution in [-0.2, 0) is 0 Å². The molecule has 2 rings (SSSR count). The van der Waals surface area contributed by atoms with E-state index >= 15 is 0 Å². The molecule has 2 heterocycles. The average molecular weight is 262 g/mol. The molecule has 0 spiro atoms. The Labute approximate surface area is 104 Å². The molecule has 1 aromatic rings. The SMILES string of the molecule is C[C@H]1CN(C(=O)c2cc(Cl)c(Cl)[nH]2)CCN1. The third kappa shape index (κ3) is 2.34. The van der Waals surface area contributed by atoms with Gasteiger partial charge in [-0.2, -0.15) is 0 Å². The molecule has 1 aliphatic rings. The molecule has 0 saturated carbocycles. The highest BCUT2D eigenvalue weighted by molar-refractivity contribution is 6.41. The number of H-pyrrole nitrogens is 1. The van der Waals surface area contributed by atoms with Crippen LogP contribution in [0, 0.1) is 0 Å². The van der Waals surface area contributed by atoms with Gasteiger partial charge in [0.2, 0.25) is 0 Å². The van der Waals surface area contributed by atoms with Gasteiger partial charge in [0.25, 0.3) is 5.91 Å². The van der Waals surface area contributed by atoms with Gasteiger partial charge in [0.15, 0.2) is 0 Å². The normalized spacial score (nSPS) is 21.2. The molecule has 1 aliphatic heterocycles. The first-order valence-electron chi connectivity index (χ1n) is 5.14. The third-order valence-electron chi connectivity index (χ3n) is 2.61. The number of amides is 1. The molecule has 4 nitrogen and oxygen atoms in total. The van der Waals surface area contributed by atoms with Crippen molar-refractivity contribution < 1.29 is 4.79 Å². The summed E-state index contributed by atoms with van der Waals surface area (Å²) in [6, 6.07) is 1.89. The van der Waals surface area contributed by atoms with Crippen molar-refractivity contribution in [3.63, 3.8) is 0 Å². The molecule has 0 bridgehead atoms. The number of hydrogen-bond donors (Lipinski definition) is 2. The maximum atomic E-state index is 12.1. The zero-order valence-electron chi connectivity index (χ0n) is 8.89. The first kappa shape index (κ1) is 11.8. The van der Waals surface area contributed by atoms with E-state index in [1.807, 2.05) is 6.92 Å². The van der Waals surface area contributed by atoms with E-state index in [9.17, 15) is 4.79 Å². The molecule has 1 atom stereocenters. The van der Waals surface area contributed by atoms with Crippen LogP contribution in [0.1, 0.15) is 17.4 Å². The van der Waals surface area contributed by atoms with Crippen LogP contribution < -0.4 is 5.32 Å². The van der Waals surface area contributed by atoms with Gasteiger partial charge in [-0.05, 0) is 13.0 Å². The van der Waals surface area contributed by atoms with Crippen LogP contribution in [0.5, 0.6) is 0 Å². The van der Waals surface area contributed by atoms with E-state index in [1.165, 1.54) is 0 Å². The molecule has 6 heteroatoms. The second kappa shape index (κ2) is 4.65. The van der Waals surface area contributed by atoms with Crippen LogP contribution in [0.3, 0.4) is 0 Å². The largest absolute Gasteiger partial charge is 0.340 e. The van der Waals surface area contributed by atoms with E-state index in [2.05, 4.69) is 10.3 Å². The molecule has 1 amide bonds. The van der Waals surface area contributed by atoms with Gasteiger partial charge in [-0.15, -0.1) is 0 Å². The third-order valence-corrected chi connectivity index (χ3v) is 3.30. The van der Waals surface area contributed by atoms with Crippen molar-refractivity contribution in [2.75, 3.05) is 19.6 Å². The van der Waals surface area contributed by atoms with E-state index < -0.39 is 0 Å². The van der Waals surface area contributed by atoms with Crippen LogP contribution in [0.2, 0.25) is 10.2 Å². The van der Waals surface area contributed by atoms with Crippen molar-refractivity contribution >= 4 is 29.1 Å². The first-order valence-corrected chi connectivity index (χ1v) is 5.90. The second-order valence-electron chi connectivity index (χ2n) is 3.95. The van der Waals surface area contributed by atoms with Crippen molar-refractivity contribution in [2.45, 2.75) is 13.0 Å². The van der Waals surface area contributed by atoms with E-state index in [0.29, 0.717) is 35.0 Å². The van der Waals surface area contributed by atoms with Crippen molar-refractivity contribution in [1.29, 1.82) is 0 Å². The lowest BCUT2D eigenvalue weighted by atomic mass is 10.2. The fourth-order valence-corrected chi connectivity index (χ4v) is 2.12. The van der Waals surface area contributed by atoms with Crippen LogP contribution in [0.4, 0.5) is 0 Å². The van der Waals surface area contributed by atoms with E-state index in [1.54, 1.807) is 11.0 Å². The number of halogens is 2. The van der Waals surface area contributed by atoms with Crippen LogP contribution in [0.25, 0.3) is 0 Å². The Morgan fingerprint density at radius 2 is 2.31 bits per heavy atom. The molecule has 0 unspecified atom stereocenters. The van der Waals surface area contributed by atoms with E-state index in [-0.39, 0.29) is 5.91 Å². The van der Waals surface area contributed by atoms with Gasteiger partial charge in [-0.25, -0.2) is 0 Å². The van der Waals surface area contributed by atoms with Crippen LogP contribution >= 0.6 is 23.2 Å². The summed E-state index contributed by atoms with van der Waals surface area (Å²) in [5, 5.41) is 3.97.